The van der Waals surface area contributed by atoms with Crippen LogP contribution in [-0.4, -0.2) is 23.3 Å². The topological polar surface area (TPSA) is 70.9 Å². The summed E-state index contributed by atoms with van der Waals surface area (Å²) in [6, 6.07) is 13.6. The molecule has 5 nitrogen and oxygen atoms in total. The van der Waals surface area contributed by atoms with E-state index in [1.54, 1.807) is 42.5 Å². The first-order valence-corrected chi connectivity index (χ1v) is 6.94. The smallest absolute Gasteiger partial charge is 0.275 e. The molecule has 5 heteroatoms. The van der Waals surface area contributed by atoms with Crippen LogP contribution in [0.4, 0.5) is 0 Å². The molecular weight excluding hydrogens is 280 g/mol. The van der Waals surface area contributed by atoms with Crippen molar-refractivity contribution in [3.05, 3.63) is 59.7 Å². The number of nitrogens with zero attached hydrogens (tertiary/aromatic N) is 1. The summed E-state index contributed by atoms with van der Waals surface area (Å²) in [6.07, 6.45) is 1.44. The molecule has 2 rings (SSSR count). The molecule has 0 unspecified atom stereocenters. The molecule has 0 aromatic heterocycles. The van der Waals surface area contributed by atoms with E-state index >= 15 is 0 Å². The normalized spacial score (nSPS) is 10.9. The molecule has 0 saturated carbocycles. The zero-order chi connectivity index (χ0) is 15.9. The van der Waals surface area contributed by atoms with Gasteiger partial charge in [-0.15, -0.1) is 0 Å². The second-order valence-electron chi connectivity index (χ2n) is 4.96. The molecule has 0 heterocycles. The molecule has 0 aliphatic carbocycles. The second-order valence-corrected chi connectivity index (χ2v) is 4.96. The van der Waals surface area contributed by atoms with Crippen molar-refractivity contribution >= 4 is 12.1 Å². The number of phenols is 1. The van der Waals surface area contributed by atoms with Crippen molar-refractivity contribution in [1.29, 1.82) is 0 Å². The van der Waals surface area contributed by atoms with E-state index in [0.717, 1.165) is 0 Å². The van der Waals surface area contributed by atoms with E-state index in [4.69, 9.17) is 4.74 Å². The molecule has 0 spiro atoms. The predicted molar refractivity (Wildman–Crippen MR) is 85.4 cm³/mol. The lowest BCUT2D eigenvalue weighted by molar-refractivity contribution is 0.0949. The third-order valence-electron chi connectivity index (χ3n) is 2.74. The van der Waals surface area contributed by atoms with Gasteiger partial charge in [0.15, 0.2) is 0 Å². The number of hydrogen-bond acceptors (Lipinski definition) is 4. The fraction of sp³-hybridized carbons (Fsp3) is 0.176. The van der Waals surface area contributed by atoms with Gasteiger partial charge in [0.25, 0.3) is 5.91 Å². The van der Waals surface area contributed by atoms with Crippen LogP contribution in [0, 0.1) is 0 Å². The highest BCUT2D eigenvalue weighted by molar-refractivity contribution is 5.97. The van der Waals surface area contributed by atoms with Gasteiger partial charge in [0.05, 0.1) is 17.9 Å². The van der Waals surface area contributed by atoms with E-state index in [1.807, 2.05) is 19.9 Å². The molecule has 2 aromatic rings. The molecule has 0 bridgehead atoms. The predicted octanol–water partition coefficient (Wildman–Crippen LogP) is 2.94. The minimum atomic E-state index is -0.354. The van der Waals surface area contributed by atoms with Gasteiger partial charge >= 0.3 is 0 Å². The number of hydrazone groups is 1. The van der Waals surface area contributed by atoms with Crippen molar-refractivity contribution < 1.29 is 14.6 Å². The number of benzene rings is 2. The van der Waals surface area contributed by atoms with Crippen LogP contribution in [0.25, 0.3) is 0 Å². The van der Waals surface area contributed by atoms with Crippen LogP contribution in [-0.2, 0) is 0 Å². The van der Waals surface area contributed by atoms with Gasteiger partial charge in [-0.2, -0.15) is 5.10 Å². The number of hydrogen-bond donors (Lipinski definition) is 2. The van der Waals surface area contributed by atoms with Crippen LogP contribution in [0.5, 0.6) is 11.5 Å². The Morgan fingerprint density at radius 2 is 2.00 bits per heavy atom. The van der Waals surface area contributed by atoms with Gasteiger partial charge in [0, 0.05) is 0 Å². The van der Waals surface area contributed by atoms with E-state index in [1.165, 1.54) is 6.21 Å². The highest BCUT2D eigenvalue weighted by Crippen LogP contribution is 2.19. The third kappa shape index (κ3) is 4.34. The summed E-state index contributed by atoms with van der Waals surface area (Å²) in [4.78, 5) is 12.1. The largest absolute Gasteiger partial charge is 0.508 e. The maximum Gasteiger partial charge on any atom is 0.275 e. The van der Waals surface area contributed by atoms with E-state index in [-0.39, 0.29) is 17.8 Å². The van der Waals surface area contributed by atoms with Crippen LogP contribution < -0.4 is 10.2 Å². The minimum absolute atomic E-state index is 0.0234. The lowest BCUT2D eigenvalue weighted by Crippen LogP contribution is -2.19. The first-order valence-electron chi connectivity index (χ1n) is 6.94. The molecule has 114 valence electrons. The number of para-hydroxylation sites is 1. The molecule has 0 radical (unpaired) electrons. The fourth-order valence-electron chi connectivity index (χ4n) is 1.84. The Morgan fingerprint density at radius 1 is 1.23 bits per heavy atom. The van der Waals surface area contributed by atoms with E-state index in [9.17, 15) is 9.90 Å². The van der Waals surface area contributed by atoms with Crippen molar-refractivity contribution in [1.82, 2.24) is 5.43 Å². The number of carbonyl (C=O) groups excluding carboxylic acids is 1. The summed E-state index contributed by atoms with van der Waals surface area (Å²) >= 11 is 0. The highest BCUT2D eigenvalue weighted by Gasteiger charge is 2.12. The molecular formula is C17H18N2O3. The Hall–Kier alpha value is -2.82. The number of nitrogens with one attached hydrogen (secondary N) is 1. The Labute approximate surface area is 129 Å². The Morgan fingerprint density at radius 3 is 2.73 bits per heavy atom. The molecule has 22 heavy (non-hydrogen) atoms. The summed E-state index contributed by atoms with van der Waals surface area (Å²) in [5, 5.41) is 13.2. The molecule has 2 aromatic carbocycles. The monoisotopic (exact) mass is 298 g/mol. The van der Waals surface area contributed by atoms with Crippen LogP contribution >= 0.6 is 0 Å². The maximum absolute atomic E-state index is 12.1. The summed E-state index contributed by atoms with van der Waals surface area (Å²) < 4.78 is 5.60. The van der Waals surface area contributed by atoms with Gasteiger partial charge in [0.1, 0.15) is 11.5 Å². The lowest BCUT2D eigenvalue weighted by atomic mass is 10.2. The first kappa shape index (κ1) is 15.6. The maximum atomic E-state index is 12.1. The van der Waals surface area contributed by atoms with Crippen LogP contribution in [0.15, 0.2) is 53.6 Å². The SMILES string of the molecule is CC(C)Oc1ccccc1C(=O)N/N=C\c1cccc(O)c1. The molecule has 0 aliphatic rings. The Kier molecular flexibility index (Phi) is 5.14. The number of amides is 1. The van der Waals surface area contributed by atoms with Crippen molar-refractivity contribution in [2.45, 2.75) is 20.0 Å². The van der Waals surface area contributed by atoms with E-state index in [2.05, 4.69) is 10.5 Å². The molecule has 0 fully saturated rings. The summed E-state index contributed by atoms with van der Waals surface area (Å²) in [5.74, 6) is 0.307. The van der Waals surface area contributed by atoms with E-state index < -0.39 is 0 Å². The zero-order valence-electron chi connectivity index (χ0n) is 12.5. The van der Waals surface area contributed by atoms with Gasteiger partial charge in [-0.1, -0.05) is 24.3 Å². The minimum Gasteiger partial charge on any atom is -0.508 e. The first-order chi connectivity index (χ1) is 10.6. The molecule has 0 saturated heterocycles. The van der Waals surface area contributed by atoms with E-state index in [0.29, 0.717) is 16.9 Å². The van der Waals surface area contributed by atoms with Crippen molar-refractivity contribution in [2.24, 2.45) is 5.10 Å². The number of rotatable bonds is 5. The van der Waals surface area contributed by atoms with Gasteiger partial charge in [-0.3, -0.25) is 4.79 Å². The molecule has 1 amide bonds. The highest BCUT2D eigenvalue weighted by atomic mass is 16.5. The number of carbonyl (C=O) groups is 1. The average molecular weight is 298 g/mol. The van der Waals surface area contributed by atoms with Gasteiger partial charge in [0.2, 0.25) is 0 Å². The second kappa shape index (κ2) is 7.26. The summed E-state index contributed by atoms with van der Waals surface area (Å²) in [7, 11) is 0. The quantitative estimate of drug-likeness (QED) is 0.658. The molecule has 2 N–H and O–H groups in total. The van der Waals surface area contributed by atoms with Gasteiger partial charge in [-0.05, 0) is 43.7 Å². The number of phenolic OH excluding ortho intramolecular Hbond substituents is 1. The number of ether oxygens (including phenoxy) is 1. The standard InChI is InChI=1S/C17H18N2O3/c1-12(2)22-16-9-4-3-8-15(16)17(21)19-18-11-13-6-5-7-14(20)10-13/h3-12,20H,1-2H3,(H,19,21)/b18-11-. The van der Waals surface area contributed by atoms with Crippen molar-refractivity contribution in [2.75, 3.05) is 0 Å². The summed E-state index contributed by atoms with van der Waals surface area (Å²) in [6.45, 7) is 3.80. The van der Waals surface area contributed by atoms with Gasteiger partial charge in [-0.25, -0.2) is 5.43 Å². The Balaban J connectivity index is 2.06. The lowest BCUT2D eigenvalue weighted by Gasteiger charge is -2.12. The Bertz CT molecular complexity index is 681. The van der Waals surface area contributed by atoms with Crippen LogP contribution in [0.1, 0.15) is 29.8 Å². The fourth-order valence-corrected chi connectivity index (χ4v) is 1.84. The average Bonchev–Trinajstić information content (AvgIpc) is 2.47. The molecule has 0 atom stereocenters. The van der Waals surface area contributed by atoms with Gasteiger partial charge < -0.3 is 9.84 Å². The van der Waals surface area contributed by atoms with Crippen molar-refractivity contribution in [3.63, 3.8) is 0 Å². The van der Waals surface area contributed by atoms with Crippen LogP contribution in [0.2, 0.25) is 0 Å². The third-order valence-corrected chi connectivity index (χ3v) is 2.74. The van der Waals surface area contributed by atoms with Crippen LogP contribution in [0.3, 0.4) is 0 Å². The van der Waals surface area contributed by atoms with Crippen molar-refractivity contribution in [3.8, 4) is 11.5 Å². The molecule has 0 aliphatic heterocycles. The summed E-state index contributed by atoms with van der Waals surface area (Å²) in [5.41, 5.74) is 3.56. The number of aromatic hydroxyl groups is 1. The zero-order valence-corrected chi connectivity index (χ0v) is 12.5.